The molecule has 0 radical (unpaired) electrons. The smallest absolute Gasteiger partial charge is 0.256 e. The lowest BCUT2D eigenvalue weighted by atomic mass is 9.95. The zero-order valence-electron chi connectivity index (χ0n) is 24.1. The van der Waals surface area contributed by atoms with Crippen LogP contribution in [0.3, 0.4) is 0 Å². The molecule has 1 aliphatic heterocycles. The zero-order chi connectivity index (χ0) is 29.4. The molecule has 1 aliphatic rings. The Morgan fingerprint density at radius 1 is 0.878 bits per heavy atom. The van der Waals surface area contributed by atoms with E-state index in [1.807, 2.05) is 62.1 Å². The summed E-state index contributed by atoms with van der Waals surface area (Å²) >= 11 is 0. The van der Waals surface area contributed by atoms with Gasteiger partial charge in [-0.3, -0.25) is 14.4 Å². The van der Waals surface area contributed by atoms with Gasteiger partial charge in [-0.25, -0.2) is 4.39 Å². The minimum Gasteiger partial charge on any atom is -0.369 e. The second-order valence-electron chi connectivity index (χ2n) is 10.2. The van der Waals surface area contributed by atoms with E-state index in [4.69, 9.17) is 0 Å². The predicted octanol–water partition coefficient (Wildman–Crippen LogP) is 5.79. The largest absolute Gasteiger partial charge is 0.369 e. The summed E-state index contributed by atoms with van der Waals surface area (Å²) in [5.74, 6) is -0.951. The molecule has 41 heavy (non-hydrogen) atoms. The number of rotatable bonds is 9. The van der Waals surface area contributed by atoms with Gasteiger partial charge in [-0.05, 0) is 74.7 Å². The number of carbonyl (C=O) groups excluding carboxylic acids is 3. The van der Waals surface area contributed by atoms with Gasteiger partial charge < -0.3 is 20.0 Å². The van der Waals surface area contributed by atoms with Crippen molar-refractivity contribution in [1.29, 1.82) is 0 Å². The standard InChI is InChI=1S/C33H39FN4O3/c1-4-28(24-11-8-7-9-12-24)32(40)38-20-10-19-37(21-22-38)30-18-17-27(23-29(30)33(41)36(5-2)6-3)35-31(39)25-13-15-26(34)16-14-25/h7-9,11-18,23,28H,4-6,10,19-22H2,1-3H3,(H,35,39)/t28-/m0/s1. The lowest BCUT2D eigenvalue weighted by molar-refractivity contribution is -0.132. The summed E-state index contributed by atoms with van der Waals surface area (Å²) in [6.07, 6.45) is 1.51. The minimum atomic E-state index is -0.416. The van der Waals surface area contributed by atoms with Crippen LogP contribution in [0.4, 0.5) is 15.8 Å². The predicted molar refractivity (Wildman–Crippen MR) is 161 cm³/mol. The summed E-state index contributed by atoms with van der Waals surface area (Å²) in [7, 11) is 0. The molecule has 0 bridgehead atoms. The maximum Gasteiger partial charge on any atom is 0.256 e. The maximum absolute atomic E-state index is 13.6. The van der Waals surface area contributed by atoms with Crippen LogP contribution in [0.25, 0.3) is 0 Å². The molecule has 0 unspecified atom stereocenters. The van der Waals surface area contributed by atoms with Crippen molar-refractivity contribution in [3.8, 4) is 0 Å². The third-order valence-electron chi connectivity index (χ3n) is 7.70. The molecule has 0 aromatic heterocycles. The van der Waals surface area contributed by atoms with Crippen LogP contribution in [-0.4, -0.2) is 66.8 Å². The Morgan fingerprint density at radius 2 is 1.59 bits per heavy atom. The van der Waals surface area contributed by atoms with Crippen LogP contribution < -0.4 is 10.2 Å². The molecule has 1 fully saturated rings. The van der Waals surface area contributed by atoms with Gasteiger partial charge in [-0.15, -0.1) is 0 Å². The van der Waals surface area contributed by atoms with Gasteiger partial charge in [0, 0.05) is 56.2 Å². The van der Waals surface area contributed by atoms with Crippen LogP contribution >= 0.6 is 0 Å². The normalized spacial score (nSPS) is 14.2. The van der Waals surface area contributed by atoms with Gasteiger partial charge >= 0.3 is 0 Å². The van der Waals surface area contributed by atoms with Crippen molar-refractivity contribution in [3.05, 3.63) is 95.3 Å². The Balaban J connectivity index is 1.56. The number of amides is 3. The van der Waals surface area contributed by atoms with Gasteiger partial charge in [-0.2, -0.15) is 0 Å². The topological polar surface area (TPSA) is 73.0 Å². The number of nitrogens with zero attached hydrogens (tertiary/aromatic N) is 3. The van der Waals surface area contributed by atoms with E-state index in [1.165, 1.54) is 24.3 Å². The first-order valence-corrected chi connectivity index (χ1v) is 14.4. The minimum absolute atomic E-state index is 0.116. The number of carbonyl (C=O) groups is 3. The number of benzene rings is 3. The second kappa shape index (κ2) is 13.9. The van der Waals surface area contributed by atoms with E-state index >= 15 is 0 Å². The van der Waals surface area contributed by atoms with Crippen molar-refractivity contribution < 1.29 is 18.8 Å². The molecule has 7 nitrogen and oxygen atoms in total. The fraction of sp³-hybridized carbons (Fsp3) is 0.364. The number of hydrogen-bond acceptors (Lipinski definition) is 4. The van der Waals surface area contributed by atoms with Gasteiger partial charge in [0.2, 0.25) is 5.91 Å². The third kappa shape index (κ3) is 7.12. The molecular weight excluding hydrogens is 519 g/mol. The summed E-state index contributed by atoms with van der Waals surface area (Å²) in [6, 6.07) is 20.6. The van der Waals surface area contributed by atoms with Crippen LogP contribution in [0.2, 0.25) is 0 Å². The van der Waals surface area contributed by atoms with Gasteiger partial charge in [0.05, 0.1) is 11.5 Å². The number of nitrogens with one attached hydrogen (secondary N) is 1. The summed E-state index contributed by atoms with van der Waals surface area (Å²) in [6.45, 7) is 9.54. The van der Waals surface area contributed by atoms with Crippen molar-refractivity contribution in [2.24, 2.45) is 0 Å². The average molecular weight is 559 g/mol. The monoisotopic (exact) mass is 558 g/mol. The third-order valence-corrected chi connectivity index (χ3v) is 7.70. The number of anilines is 2. The summed E-state index contributed by atoms with van der Waals surface area (Å²) in [5.41, 5.74) is 3.13. The highest BCUT2D eigenvalue weighted by molar-refractivity contribution is 6.06. The van der Waals surface area contributed by atoms with Crippen molar-refractivity contribution >= 4 is 29.1 Å². The van der Waals surface area contributed by atoms with Crippen LogP contribution in [0, 0.1) is 5.82 Å². The Hall–Kier alpha value is -4.20. The average Bonchev–Trinajstić information content (AvgIpc) is 3.25. The fourth-order valence-electron chi connectivity index (χ4n) is 5.38. The molecule has 4 rings (SSSR count). The molecule has 1 N–H and O–H groups in total. The van der Waals surface area contributed by atoms with E-state index in [0.717, 1.165) is 24.1 Å². The Morgan fingerprint density at radius 3 is 2.24 bits per heavy atom. The van der Waals surface area contributed by atoms with Gasteiger partial charge in [-0.1, -0.05) is 37.3 Å². The van der Waals surface area contributed by atoms with Gasteiger partial charge in [0.1, 0.15) is 5.82 Å². The Bertz CT molecular complexity index is 1340. The summed E-state index contributed by atoms with van der Waals surface area (Å²) in [5, 5.41) is 2.84. The van der Waals surface area contributed by atoms with E-state index in [-0.39, 0.29) is 23.6 Å². The molecule has 8 heteroatoms. The van der Waals surface area contributed by atoms with Gasteiger partial charge in [0.15, 0.2) is 0 Å². The van der Waals surface area contributed by atoms with Crippen LogP contribution in [-0.2, 0) is 4.79 Å². The van der Waals surface area contributed by atoms with Crippen LogP contribution in [0.15, 0.2) is 72.8 Å². The van der Waals surface area contributed by atoms with Crippen molar-refractivity contribution in [2.75, 3.05) is 49.5 Å². The molecule has 1 saturated heterocycles. The van der Waals surface area contributed by atoms with Crippen LogP contribution in [0.5, 0.6) is 0 Å². The molecule has 1 heterocycles. The first kappa shape index (κ1) is 29.8. The molecule has 0 saturated carbocycles. The maximum atomic E-state index is 13.6. The molecule has 216 valence electrons. The van der Waals surface area contributed by atoms with E-state index in [1.54, 1.807) is 17.0 Å². The van der Waals surface area contributed by atoms with E-state index in [2.05, 4.69) is 10.2 Å². The first-order valence-electron chi connectivity index (χ1n) is 14.4. The quantitative estimate of drug-likeness (QED) is 0.361. The molecule has 3 aromatic rings. The highest BCUT2D eigenvalue weighted by Gasteiger charge is 2.28. The Kier molecular flexibility index (Phi) is 10.1. The van der Waals surface area contributed by atoms with Crippen LogP contribution in [0.1, 0.15) is 65.8 Å². The lowest BCUT2D eigenvalue weighted by Crippen LogP contribution is -2.38. The van der Waals surface area contributed by atoms with E-state index in [0.29, 0.717) is 56.1 Å². The molecule has 0 aliphatic carbocycles. The van der Waals surface area contributed by atoms with Crippen molar-refractivity contribution in [3.63, 3.8) is 0 Å². The first-order chi connectivity index (χ1) is 19.9. The van der Waals surface area contributed by atoms with Crippen molar-refractivity contribution in [2.45, 2.75) is 39.5 Å². The van der Waals surface area contributed by atoms with Crippen molar-refractivity contribution in [1.82, 2.24) is 9.80 Å². The highest BCUT2D eigenvalue weighted by atomic mass is 19.1. The second-order valence-corrected chi connectivity index (χ2v) is 10.2. The number of hydrogen-bond donors (Lipinski definition) is 1. The van der Waals surface area contributed by atoms with E-state index in [9.17, 15) is 18.8 Å². The molecule has 3 amide bonds. The Labute approximate surface area is 241 Å². The number of halogens is 1. The molecule has 1 atom stereocenters. The SMILES string of the molecule is CC[C@H](C(=O)N1CCCN(c2ccc(NC(=O)c3ccc(F)cc3)cc2C(=O)N(CC)CC)CC1)c1ccccc1. The zero-order valence-corrected chi connectivity index (χ0v) is 24.1. The fourth-order valence-corrected chi connectivity index (χ4v) is 5.38. The van der Waals surface area contributed by atoms with Gasteiger partial charge in [0.25, 0.3) is 11.8 Å². The van der Waals surface area contributed by atoms with E-state index < -0.39 is 5.82 Å². The lowest BCUT2D eigenvalue weighted by Gasteiger charge is -2.29. The summed E-state index contributed by atoms with van der Waals surface area (Å²) < 4.78 is 13.3. The molecule has 3 aromatic carbocycles. The highest BCUT2D eigenvalue weighted by Crippen LogP contribution is 2.29. The molecule has 0 spiro atoms. The summed E-state index contributed by atoms with van der Waals surface area (Å²) in [4.78, 5) is 45.8. The molecular formula is C33H39FN4O3.